The highest BCUT2D eigenvalue weighted by Crippen LogP contribution is 2.25. The third-order valence-electron chi connectivity index (χ3n) is 2.19. The van der Waals surface area contributed by atoms with Gasteiger partial charge >= 0.3 is 0 Å². The lowest BCUT2D eigenvalue weighted by Crippen LogP contribution is -1.94. The summed E-state index contributed by atoms with van der Waals surface area (Å²) in [7, 11) is 0. The number of H-pyrrole nitrogens is 1. The van der Waals surface area contributed by atoms with Crippen molar-refractivity contribution in [2.75, 3.05) is 0 Å². The van der Waals surface area contributed by atoms with Gasteiger partial charge in [-0.05, 0) is 18.2 Å². The monoisotopic (exact) mass is 271 g/mol. The molecule has 2 aromatic rings. The number of halogens is 3. The molecule has 4 heteroatoms. The standard InChI is InChI=1S/C11H8BrF2N/c12-6-7-3-4-8(11(14)10(7)13)9-2-1-5-15-9/h1-5,15H,6H2. The van der Waals surface area contributed by atoms with Gasteiger partial charge in [0.15, 0.2) is 11.6 Å². The lowest BCUT2D eigenvalue weighted by Gasteiger charge is -2.05. The molecule has 1 N–H and O–H groups in total. The zero-order valence-corrected chi connectivity index (χ0v) is 9.31. The van der Waals surface area contributed by atoms with Crippen LogP contribution in [0.5, 0.6) is 0 Å². The summed E-state index contributed by atoms with van der Waals surface area (Å²) in [6.45, 7) is 0. The van der Waals surface area contributed by atoms with Crippen LogP contribution in [-0.2, 0) is 5.33 Å². The van der Waals surface area contributed by atoms with Crippen molar-refractivity contribution >= 4 is 15.9 Å². The maximum atomic E-state index is 13.6. The molecule has 0 aliphatic rings. The highest BCUT2D eigenvalue weighted by atomic mass is 79.9. The van der Waals surface area contributed by atoms with Crippen LogP contribution in [0.3, 0.4) is 0 Å². The van der Waals surface area contributed by atoms with Gasteiger partial charge in [-0.2, -0.15) is 0 Å². The summed E-state index contributed by atoms with van der Waals surface area (Å²) >= 11 is 3.10. The maximum Gasteiger partial charge on any atom is 0.168 e. The number of aromatic nitrogens is 1. The third kappa shape index (κ3) is 1.81. The van der Waals surface area contributed by atoms with E-state index < -0.39 is 11.6 Å². The number of alkyl halides is 1. The van der Waals surface area contributed by atoms with Gasteiger partial charge in [0.25, 0.3) is 0 Å². The lowest BCUT2D eigenvalue weighted by atomic mass is 10.1. The average molecular weight is 272 g/mol. The Bertz CT molecular complexity index is 466. The molecule has 0 saturated heterocycles. The molecule has 0 bridgehead atoms. The average Bonchev–Trinajstić information content (AvgIpc) is 2.75. The summed E-state index contributed by atoms with van der Waals surface area (Å²) < 4.78 is 27.0. The summed E-state index contributed by atoms with van der Waals surface area (Å²) in [5, 5.41) is 0.306. The summed E-state index contributed by atoms with van der Waals surface area (Å²) in [5.74, 6) is -1.60. The molecule has 1 aromatic heterocycles. The van der Waals surface area contributed by atoms with E-state index in [2.05, 4.69) is 20.9 Å². The Labute approximate surface area is 94.3 Å². The van der Waals surface area contributed by atoms with Crippen LogP contribution in [0.15, 0.2) is 30.5 Å². The number of rotatable bonds is 2. The summed E-state index contributed by atoms with van der Waals surface area (Å²) in [4.78, 5) is 2.84. The van der Waals surface area contributed by atoms with Gasteiger partial charge in [0.2, 0.25) is 0 Å². The van der Waals surface area contributed by atoms with Gasteiger partial charge in [0.05, 0.1) is 0 Å². The van der Waals surface area contributed by atoms with Crippen LogP contribution < -0.4 is 0 Å². The van der Waals surface area contributed by atoms with Gasteiger partial charge in [0.1, 0.15) is 0 Å². The first-order chi connectivity index (χ1) is 7.24. The van der Waals surface area contributed by atoms with E-state index in [1.54, 1.807) is 30.5 Å². The fourth-order valence-corrected chi connectivity index (χ4v) is 1.83. The van der Waals surface area contributed by atoms with Gasteiger partial charge in [-0.1, -0.05) is 22.0 Å². The van der Waals surface area contributed by atoms with Crippen LogP contribution in [0, 0.1) is 11.6 Å². The van der Waals surface area contributed by atoms with Gasteiger partial charge in [0, 0.05) is 28.3 Å². The van der Waals surface area contributed by atoms with Crippen molar-refractivity contribution in [2.45, 2.75) is 5.33 Å². The molecule has 0 unspecified atom stereocenters. The zero-order valence-electron chi connectivity index (χ0n) is 7.73. The molecular formula is C11H8BrF2N. The van der Waals surface area contributed by atoms with Crippen molar-refractivity contribution in [2.24, 2.45) is 0 Å². The van der Waals surface area contributed by atoms with Crippen molar-refractivity contribution in [3.8, 4) is 11.3 Å². The first kappa shape index (κ1) is 10.4. The van der Waals surface area contributed by atoms with E-state index in [1.165, 1.54) is 0 Å². The van der Waals surface area contributed by atoms with E-state index in [1.807, 2.05) is 0 Å². The molecule has 0 aliphatic carbocycles. The molecule has 0 radical (unpaired) electrons. The van der Waals surface area contributed by atoms with Crippen LogP contribution in [-0.4, -0.2) is 4.98 Å². The van der Waals surface area contributed by atoms with Gasteiger partial charge < -0.3 is 4.98 Å². The van der Waals surface area contributed by atoms with Crippen molar-refractivity contribution in [3.63, 3.8) is 0 Å². The summed E-state index contributed by atoms with van der Waals surface area (Å²) in [6, 6.07) is 6.58. The second-order valence-corrected chi connectivity index (χ2v) is 3.68. The molecule has 78 valence electrons. The molecule has 1 nitrogen and oxygen atoms in total. The Kier molecular flexibility index (Phi) is 2.86. The molecule has 0 saturated carbocycles. The Morgan fingerprint density at radius 3 is 2.53 bits per heavy atom. The van der Waals surface area contributed by atoms with Crippen molar-refractivity contribution in [3.05, 3.63) is 47.7 Å². The van der Waals surface area contributed by atoms with E-state index >= 15 is 0 Å². The Morgan fingerprint density at radius 1 is 1.13 bits per heavy atom. The van der Waals surface area contributed by atoms with Gasteiger partial charge in [-0.15, -0.1) is 0 Å². The van der Waals surface area contributed by atoms with E-state index in [4.69, 9.17) is 0 Å². The van der Waals surface area contributed by atoms with Crippen molar-refractivity contribution in [1.82, 2.24) is 4.98 Å². The maximum absolute atomic E-state index is 13.6. The minimum atomic E-state index is -0.811. The number of aromatic amines is 1. The Hall–Kier alpha value is -1.16. The first-order valence-corrected chi connectivity index (χ1v) is 5.52. The molecule has 15 heavy (non-hydrogen) atoms. The SMILES string of the molecule is Fc1c(CBr)ccc(-c2ccc[nH]2)c1F. The van der Waals surface area contributed by atoms with Crippen molar-refractivity contribution < 1.29 is 8.78 Å². The zero-order chi connectivity index (χ0) is 10.8. The second kappa shape index (κ2) is 4.14. The second-order valence-electron chi connectivity index (χ2n) is 3.12. The number of hydrogen-bond acceptors (Lipinski definition) is 0. The fraction of sp³-hybridized carbons (Fsp3) is 0.0909. The highest BCUT2D eigenvalue weighted by molar-refractivity contribution is 9.08. The van der Waals surface area contributed by atoms with Crippen LogP contribution in [0.25, 0.3) is 11.3 Å². The third-order valence-corrected chi connectivity index (χ3v) is 2.80. The molecule has 1 heterocycles. The topological polar surface area (TPSA) is 15.8 Å². The Balaban J connectivity index is 2.56. The first-order valence-electron chi connectivity index (χ1n) is 4.40. The largest absolute Gasteiger partial charge is 0.361 e. The predicted molar refractivity (Wildman–Crippen MR) is 58.8 cm³/mol. The van der Waals surface area contributed by atoms with Crippen molar-refractivity contribution in [1.29, 1.82) is 0 Å². The van der Waals surface area contributed by atoms with E-state index in [-0.39, 0.29) is 5.56 Å². The Morgan fingerprint density at radius 2 is 1.93 bits per heavy atom. The van der Waals surface area contributed by atoms with Crippen LogP contribution in [0.4, 0.5) is 8.78 Å². The molecular weight excluding hydrogens is 264 g/mol. The molecule has 0 spiro atoms. The van der Waals surface area contributed by atoms with E-state index in [0.29, 0.717) is 16.6 Å². The van der Waals surface area contributed by atoms with Crippen LogP contribution in [0.1, 0.15) is 5.56 Å². The van der Waals surface area contributed by atoms with E-state index in [0.717, 1.165) is 0 Å². The molecule has 1 aromatic carbocycles. The fourth-order valence-electron chi connectivity index (χ4n) is 1.40. The normalized spacial score (nSPS) is 10.6. The molecule has 2 rings (SSSR count). The number of nitrogens with one attached hydrogen (secondary N) is 1. The highest BCUT2D eigenvalue weighted by Gasteiger charge is 2.13. The summed E-state index contributed by atoms with van der Waals surface area (Å²) in [6.07, 6.45) is 1.67. The number of hydrogen-bond donors (Lipinski definition) is 1. The van der Waals surface area contributed by atoms with Crippen LogP contribution in [0.2, 0.25) is 0 Å². The number of benzene rings is 1. The minimum Gasteiger partial charge on any atom is -0.361 e. The molecule has 0 amide bonds. The minimum absolute atomic E-state index is 0.252. The van der Waals surface area contributed by atoms with E-state index in [9.17, 15) is 8.78 Å². The van der Waals surface area contributed by atoms with Gasteiger partial charge in [-0.25, -0.2) is 8.78 Å². The van der Waals surface area contributed by atoms with Crippen LogP contribution >= 0.6 is 15.9 Å². The molecule has 0 atom stereocenters. The summed E-state index contributed by atoms with van der Waals surface area (Å²) in [5.41, 5.74) is 1.15. The van der Waals surface area contributed by atoms with Gasteiger partial charge in [-0.3, -0.25) is 0 Å². The lowest BCUT2D eigenvalue weighted by molar-refractivity contribution is 0.505. The predicted octanol–water partition coefficient (Wildman–Crippen LogP) is 3.85. The molecule has 0 aliphatic heterocycles. The quantitative estimate of drug-likeness (QED) is 0.799. The smallest absolute Gasteiger partial charge is 0.168 e. The molecule has 0 fully saturated rings.